The fraction of sp³-hybridized carbons (Fsp3) is 0.0556. The summed E-state index contributed by atoms with van der Waals surface area (Å²) >= 11 is 0. The number of ketones is 1. The van der Waals surface area contributed by atoms with E-state index >= 15 is 0 Å². The molecule has 3 N–H and O–H groups in total. The summed E-state index contributed by atoms with van der Waals surface area (Å²) in [6.45, 7) is -0.332. The van der Waals surface area contributed by atoms with E-state index in [1.807, 2.05) is 41.7 Å². The van der Waals surface area contributed by atoms with E-state index < -0.39 is 11.9 Å². The van der Waals surface area contributed by atoms with E-state index in [0.717, 1.165) is 5.56 Å². The number of nitrogens with one attached hydrogen (secondary N) is 2. The molecule has 24 heavy (non-hydrogen) atoms. The molecule has 6 nitrogen and oxygen atoms in total. The highest BCUT2D eigenvalue weighted by Gasteiger charge is 2.10. The van der Waals surface area contributed by atoms with Gasteiger partial charge >= 0.3 is 6.09 Å². The van der Waals surface area contributed by atoms with Crippen LogP contribution in [0.15, 0.2) is 59.4 Å². The van der Waals surface area contributed by atoms with Gasteiger partial charge in [-0.2, -0.15) is 0 Å². The molecular formula is C18H14N2O4. The monoisotopic (exact) mass is 322 g/mol. The van der Waals surface area contributed by atoms with Gasteiger partial charge in [-0.1, -0.05) is 42.5 Å². The first kappa shape index (κ1) is 15.5. The molecule has 0 saturated heterocycles. The van der Waals surface area contributed by atoms with Gasteiger partial charge in [0.25, 0.3) is 5.56 Å². The van der Waals surface area contributed by atoms with E-state index in [2.05, 4.69) is 4.98 Å². The zero-order valence-corrected chi connectivity index (χ0v) is 12.6. The van der Waals surface area contributed by atoms with Crippen LogP contribution in [0.1, 0.15) is 10.4 Å². The number of carbonyl (C=O) groups excluding carboxylic acids is 1. The number of hydrogen-bond donors (Lipinski definition) is 3. The molecule has 120 valence electrons. The van der Waals surface area contributed by atoms with Crippen LogP contribution in [-0.2, 0) is 0 Å². The summed E-state index contributed by atoms with van der Waals surface area (Å²) in [7, 11) is 0. The fourth-order valence-corrected chi connectivity index (χ4v) is 2.46. The Hall–Kier alpha value is -3.41. The van der Waals surface area contributed by atoms with Crippen molar-refractivity contribution in [3.05, 3.63) is 70.5 Å². The van der Waals surface area contributed by atoms with Crippen LogP contribution < -0.4 is 10.9 Å². The maximum absolute atomic E-state index is 12.3. The van der Waals surface area contributed by atoms with Crippen molar-refractivity contribution in [3.63, 3.8) is 0 Å². The van der Waals surface area contributed by atoms with E-state index in [1.54, 1.807) is 12.1 Å². The number of aromatic amines is 1. The minimum Gasteiger partial charge on any atom is -0.465 e. The standard InChI is InChI=1S/C18H14N2O4/c21-16(10-19-18(23)24)13-7-6-12-9-15(11-4-2-1-3-5-11)20-17(22)14(12)8-13/h1-9,19H,10H2,(H,20,22)(H,23,24). The Bertz CT molecular complexity index is 977. The molecule has 0 atom stereocenters. The molecule has 0 unspecified atom stereocenters. The Morgan fingerprint density at radius 1 is 1.04 bits per heavy atom. The number of carboxylic acid groups (broad SMARTS) is 1. The minimum absolute atomic E-state index is 0.286. The largest absolute Gasteiger partial charge is 0.465 e. The topological polar surface area (TPSA) is 99.3 Å². The van der Waals surface area contributed by atoms with E-state index in [-0.39, 0.29) is 17.7 Å². The molecule has 2 aromatic carbocycles. The zero-order valence-electron chi connectivity index (χ0n) is 12.6. The molecule has 0 spiro atoms. The first-order chi connectivity index (χ1) is 11.5. The third-order valence-corrected chi connectivity index (χ3v) is 3.65. The Morgan fingerprint density at radius 3 is 2.50 bits per heavy atom. The van der Waals surface area contributed by atoms with Gasteiger partial charge < -0.3 is 15.4 Å². The summed E-state index contributed by atoms with van der Waals surface area (Å²) in [6.07, 6.45) is -1.27. The molecule has 6 heteroatoms. The molecular weight excluding hydrogens is 308 g/mol. The number of pyridine rings is 1. The first-order valence-electron chi connectivity index (χ1n) is 7.27. The number of carbonyl (C=O) groups is 2. The summed E-state index contributed by atoms with van der Waals surface area (Å²) in [5.41, 5.74) is 1.57. The van der Waals surface area contributed by atoms with Crippen LogP contribution in [0.3, 0.4) is 0 Å². The molecule has 1 heterocycles. The number of hydrogen-bond acceptors (Lipinski definition) is 3. The van der Waals surface area contributed by atoms with Gasteiger partial charge in [0.1, 0.15) is 0 Å². The average Bonchev–Trinajstić information content (AvgIpc) is 2.60. The van der Waals surface area contributed by atoms with Crippen molar-refractivity contribution in [1.29, 1.82) is 0 Å². The van der Waals surface area contributed by atoms with Crippen LogP contribution in [-0.4, -0.2) is 28.5 Å². The minimum atomic E-state index is -1.27. The summed E-state index contributed by atoms with van der Waals surface area (Å²) in [5.74, 6) is -0.397. The van der Waals surface area contributed by atoms with Crippen LogP contribution in [0.25, 0.3) is 22.0 Å². The molecule has 0 aliphatic carbocycles. The number of benzene rings is 2. The molecule has 1 amide bonds. The molecule has 0 radical (unpaired) electrons. The molecule has 0 aliphatic rings. The third kappa shape index (κ3) is 3.17. The second kappa shape index (κ2) is 6.37. The molecule has 0 bridgehead atoms. The maximum Gasteiger partial charge on any atom is 0.405 e. The predicted octanol–water partition coefficient (Wildman–Crippen LogP) is 2.65. The van der Waals surface area contributed by atoms with Gasteiger partial charge in [0.05, 0.1) is 6.54 Å². The average molecular weight is 322 g/mol. The number of Topliss-reactive ketones (excluding diaryl/α,β-unsaturated/α-hetero) is 1. The highest BCUT2D eigenvalue weighted by atomic mass is 16.4. The van der Waals surface area contributed by atoms with Gasteiger partial charge in [-0.05, 0) is 23.1 Å². The Balaban J connectivity index is 2.00. The lowest BCUT2D eigenvalue weighted by Crippen LogP contribution is -2.27. The molecule has 3 rings (SSSR count). The fourth-order valence-electron chi connectivity index (χ4n) is 2.46. The summed E-state index contributed by atoms with van der Waals surface area (Å²) in [6, 6.07) is 16.0. The number of rotatable bonds is 4. The first-order valence-corrected chi connectivity index (χ1v) is 7.27. The van der Waals surface area contributed by atoms with Crippen LogP contribution in [0.5, 0.6) is 0 Å². The van der Waals surface area contributed by atoms with E-state index in [1.165, 1.54) is 6.07 Å². The van der Waals surface area contributed by atoms with Gasteiger partial charge in [0.2, 0.25) is 0 Å². The zero-order chi connectivity index (χ0) is 17.1. The van der Waals surface area contributed by atoms with Gasteiger partial charge in [-0.3, -0.25) is 9.59 Å². The van der Waals surface area contributed by atoms with E-state index in [9.17, 15) is 14.4 Å². The lowest BCUT2D eigenvalue weighted by Gasteiger charge is -2.06. The molecule has 0 fully saturated rings. The maximum atomic E-state index is 12.3. The van der Waals surface area contributed by atoms with Crippen molar-refractivity contribution < 1.29 is 14.7 Å². The number of aromatic nitrogens is 1. The van der Waals surface area contributed by atoms with E-state index in [4.69, 9.17) is 5.11 Å². The highest BCUT2D eigenvalue weighted by Crippen LogP contribution is 2.20. The van der Waals surface area contributed by atoms with Gasteiger partial charge in [0.15, 0.2) is 5.78 Å². The Kier molecular flexibility index (Phi) is 4.11. The van der Waals surface area contributed by atoms with Crippen LogP contribution in [0.2, 0.25) is 0 Å². The number of fused-ring (bicyclic) bond motifs is 1. The van der Waals surface area contributed by atoms with Crippen molar-refractivity contribution in [2.75, 3.05) is 6.54 Å². The van der Waals surface area contributed by atoms with Crippen molar-refractivity contribution in [2.24, 2.45) is 0 Å². The van der Waals surface area contributed by atoms with Gasteiger partial charge in [-0.15, -0.1) is 0 Å². The molecule has 1 aromatic heterocycles. The van der Waals surface area contributed by atoms with Crippen molar-refractivity contribution >= 4 is 22.6 Å². The van der Waals surface area contributed by atoms with Crippen LogP contribution >= 0.6 is 0 Å². The molecule has 0 aliphatic heterocycles. The van der Waals surface area contributed by atoms with E-state index in [0.29, 0.717) is 16.5 Å². The van der Waals surface area contributed by atoms with Gasteiger partial charge in [0, 0.05) is 16.6 Å². The second-order valence-electron chi connectivity index (χ2n) is 5.26. The SMILES string of the molecule is O=C(O)NCC(=O)c1ccc2cc(-c3ccccc3)[nH]c(=O)c2c1. The lowest BCUT2D eigenvalue weighted by atomic mass is 10.0. The summed E-state index contributed by atoms with van der Waals surface area (Å²) in [4.78, 5) is 37.6. The normalized spacial score (nSPS) is 10.5. The third-order valence-electron chi connectivity index (χ3n) is 3.65. The quantitative estimate of drug-likeness (QED) is 0.643. The second-order valence-corrected chi connectivity index (χ2v) is 5.26. The molecule has 3 aromatic rings. The number of H-pyrrole nitrogens is 1. The van der Waals surface area contributed by atoms with Crippen LogP contribution in [0.4, 0.5) is 4.79 Å². The highest BCUT2D eigenvalue weighted by molar-refractivity contribution is 6.02. The van der Waals surface area contributed by atoms with Gasteiger partial charge in [-0.25, -0.2) is 4.79 Å². The molecule has 0 saturated carbocycles. The van der Waals surface area contributed by atoms with Crippen molar-refractivity contribution in [2.45, 2.75) is 0 Å². The predicted molar refractivity (Wildman–Crippen MR) is 90.4 cm³/mol. The summed E-state index contributed by atoms with van der Waals surface area (Å²) < 4.78 is 0. The Morgan fingerprint density at radius 2 is 1.79 bits per heavy atom. The number of amides is 1. The smallest absolute Gasteiger partial charge is 0.405 e. The van der Waals surface area contributed by atoms with Crippen molar-refractivity contribution in [3.8, 4) is 11.3 Å². The lowest BCUT2D eigenvalue weighted by molar-refractivity contribution is 0.0987. The Labute approximate surface area is 136 Å². The van der Waals surface area contributed by atoms with Crippen LogP contribution in [0, 0.1) is 0 Å². The summed E-state index contributed by atoms with van der Waals surface area (Å²) in [5, 5.41) is 11.7. The van der Waals surface area contributed by atoms with Crippen molar-refractivity contribution in [1.82, 2.24) is 10.3 Å².